The van der Waals surface area contributed by atoms with Crippen LogP contribution in [0.5, 0.6) is 0 Å². The topological polar surface area (TPSA) is 63.4 Å². The first-order chi connectivity index (χ1) is 6.13. The molecule has 0 aromatic heterocycles. The molecular formula is C9H11NO3. The molecule has 0 saturated heterocycles. The summed E-state index contributed by atoms with van der Waals surface area (Å²) < 4.78 is 0. The molecule has 0 unspecified atom stereocenters. The summed E-state index contributed by atoms with van der Waals surface area (Å²) in [5, 5.41) is 19.9. The second-order valence-corrected chi connectivity index (χ2v) is 2.88. The number of nitrogens with zero attached hydrogens (tertiary/aromatic N) is 1. The van der Waals surface area contributed by atoms with Crippen LogP contribution < -0.4 is 0 Å². The van der Waals surface area contributed by atoms with Gasteiger partial charge in [-0.2, -0.15) is 0 Å². The minimum absolute atomic E-state index is 0.488. The van der Waals surface area contributed by atoms with Gasteiger partial charge in [0.1, 0.15) is 6.10 Å². The first-order valence-corrected chi connectivity index (χ1v) is 3.99. The van der Waals surface area contributed by atoms with Gasteiger partial charge in [0, 0.05) is 11.8 Å². The fourth-order valence-electron chi connectivity index (χ4n) is 1.04. The lowest BCUT2D eigenvalue weighted by atomic mass is 10.0. The third kappa shape index (κ3) is 2.26. The molecule has 0 heterocycles. The summed E-state index contributed by atoms with van der Waals surface area (Å²) in [5.74, 6) is 0. The minimum atomic E-state index is -1.03. The lowest BCUT2D eigenvalue weighted by Gasteiger charge is -2.11. The Labute approximate surface area is 76.0 Å². The molecular weight excluding hydrogens is 170 g/mol. The van der Waals surface area contributed by atoms with Crippen molar-refractivity contribution in [2.24, 2.45) is 0 Å². The molecule has 0 radical (unpaired) electrons. The summed E-state index contributed by atoms with van der Waals surface area (Å²) in [7, 11) is 0. The Kier molecular flexibility index (Phi) is 2.97. The van der Waals surface area contributed by atoms with Crippen molar-refractivity contribution in [2.75, 3.05) is 0 Å². The highest BCUT2D eigenvalue weighted by Gasteiger charge is 2.25. The van der Waals surface area contributed by atoms with E-state index in [9.17, 15) is 15.2 Å². The number of rotatable bonds is 3. The summed E-state index contributed by atoms with van der Waals surface area (Å²) >= 11 is 0. The smallest absolute Gasteiger partial charge is 0.239 e. The van der Waals surface area contributed by atoms with Gasteiger partial charge in [-0.1, -0.05) is 30.3 Å². The van der Waals surface area contributed by atoms with Gasteiger partial charge in [0.15, 0.2) is 0 Å². The van der Waals surface area contributed by atoms with Gasteiger partial charge < -0.3 is 5.11 Å². The molecule has 0 spiro atoms. The van der Waals surface area contributed by atoms with Gasteiger partial charge in [-0.3, -0.25) is 10.1 Å². The fraction of sp³-hybridized carbons (Fsp3) is 0.333. The van der Waals surface area contributed by atoms with E-state index in [2.05, 4.69) is 0 Å². The van der Waals surface area contributed by atoms with Gasteiger partial charge in [-0.25, -0.2) is 0 Å². The van der Waals surface area contributed by atoms with Gasteiger partial charge >= 0.3 is 0 Å². The minimum Gasteiger partial charge on any atom is -0.381 e. The number of nitro groups is 1. The van der Waals surface area contributed by atoms with Crippen LogP contribution in [0.25, 0.3) is 0 Å². The largest absolute Gasteiger partial charge is 0.381 e. The van der Waals surface area contributed by atoms with Gasteiger partial charge in [0.2, 0.25) is 6.04 Å². The summed E-state index contributed by atoms with van der Waals surface area (Å²) in [6.45, 7) is 1.39. The predicted molar refractivity (Wildman–Crippen MR) is 47.9 cm³/mol. The Balaban J connectivity index is 2.79. The van der Waals surface area contributed by atoms with Crippen LogP contribution in [0.1, 0.15) is 18.6 Å². The fourth-order valence-corrected chi connectivity index (χ4v) is 1.04. The molecule has 0 bridgehead atoms. The van der Waals surface area contributed by atoms with Gasteiger partial charge in [0.05, 0.1) is 0 Å². The molecule has 0 aliphatic rings. The Morgan fingerprint density at radius 3 is 2.38 bits per heavy atom. The van der Waals surface area contributed by atoms with Gasteiger partial charge in [-0.15, -0.1) is 0 Å². The molecule has 0 amide bonds. The quantitative estimate of drug-likeness (QED) is 0.566. The summed E-state index contributed by atoms with van der Waals surface area (Å²) in [5.41, 5.74) is 0.576. The maximum Gasteiger partial charge on any atom is 0.239 e. The highest BCUT2D eigenvalue weighted by molar-refractivity contribution is 5.17. The van der Waals surface area contributed by atoms with Crippen molar-refractivity contribution in [3.05, 3.63) is 46.0 Å². The van der Waals surface area contributed by atoms with E-state index < -0.39 is 17.1 Å². The van der Waals surface area contributed by atoms with Crippen LogP contribution in [-0.2, 0) is 0 Å². The Bertz CT molecular complexity index is 286. The lowest BCUT2D eigenvalue weighted by Crippen LogP contribution is -2.23. The molecule has 0 fully saturated rings. The van der Waals surface area contributed by atoms with Crippen molar-refractivity contribution in [2.45, 2.75) is 19.1 Å². The zero-order chi connectivity index (χ0) is 9.84. The molecule has 4 heteroatoms. The third-order valence-electron chi connectivity index (χ3n) is 1.93. The predicted octanol–water partition coefficient (Wildman–Crippen LogP) is 1.39. The van der Waals surface area contributed by atoms with Crippen LogP contribution in [-0.4, -0.2) is 16.1 Å². The average Bonchev–Trinajstić information content (AvgIpc) is 2.17. The van der Waals surface area contributed by atoms with E-state index >= 15 is 0 Å². The summed E-state index contributed by atoms with van der Waals surface area (Å²) in [6.07, 6.45) is -1.03. The van der Waals surface area contributed by atoms with Crippen molar-refractivity contribution >= 4 is 0 Å². The van der Waals surface area contributed by atoms with Gasteiger partial charge in [-0.05, 0) is 5.56 Å². The molecule has 2 atom stereocenters. The molecule has 0 aliphatic carbocycles. The number of hydrogen-bond donors (Lipinski definition) is 1. The SMILES string of the molecule is C[C@H]([C@@H](O)c1ccccc1)[N+](=O)[O-]. The normalized spacial score (nSPS) is 14.9. The first kappa shape index (κ1) is 9.67. The Morgan fingerprint density at radius 2 is 1.92 bits per heavy atom. The molecule has 1 N–H and O–H groups in total. The summed E-state index contributed by atoms with van der Waals surface area (Å²) in [4.78, 5) is 9.87. The number of aliphatic hydroxyl groups is 1. The molecule has 70 valence electrons. The van der Waals surface area contributed by atoms with Crippen LogP contribution in [0.3, 0.4) is 0 Å². The average molecular weight is 181 g/mol. The number of hydrogen-bond acceptors (Lipinski definition) is 3. The van der Waals surface area contributed by atoms with Crippen LogP contribution >= 0.6 is 0 Å². The van der Waals surface area contributed by atoms with E-state index in [1.807, 2.05) is 0 Å². The molecule has 1 aromatic rings. The van der Waals surface area contributed by atoms with Crippen molar-refractivity contribution in [3.63, 3.8) is 0 Å². The standard InChI is InChI=1S/C9H11NO3/c1-7(10(12)13)9(11)8-5-3-2-4-6-8/h2-7,9,11H,1H3/t7-,9-/m1/s1. The van der Waals surface area contributed by atoms with Crippen LogP contribution in [0.2, 0.25) is 0 Å². The number of aliphatic hydroxyl groups excluding tert-OH is 1. The van der Waals surface area contributed by atoms with E-state index in [0.717, 1.165) is 0 Å². The highest BCUT2D eigenvalue weighted by Crippen LogP contribution is 2.17. The lowest BCUT2D eigenvalue weighted by molar-refractivity contribution is -0.531. The highest BCUT2D eigenvalue weighted by atomic mass is 16.6. The van der Waals surface area contributed by atoms with E-state index in [4.69, 9.17) is 0 Å². The molecule has 4 nitrogen and oxygen atoms in total. The molecule has 1 rings (SSSR count). The molecule has 1 aromatic carbocycles. The van der Waals surface area contributed by atoms with E-state index in [0.29, 0.717) is 5.56 Å². The van der Waals surface area contributed by atoms with Crippen molar-refractivity contribution < 1.29 is 10.0 Å². The second kappa shape index (κ2) is 4.00. The first-order valence-electron chi connectivity index (χ1n) is 3.99. The van der Waals surface area contributed by atoms with Crippen LogP contribution in [0.15, 0.2) is 30.3 Å². The molecule has 13 heavy (non-hydrogen) atoms. The van der Waals surface area contributed by atoms with E-state index in [-0.39, 0.29) is 0 Å². The number of benzene rings is 1. The summed E-state index contributed by atoms with van der Waals surface area (Å²) in [6, 6.07) is 7.65. The third-order valence-corrected chi connectivity index (χ3v) is 1.93. The Hall–Kier alpha value is -1.42. The molecule has 0 aliphatic heterocycles. The Morgan fingerprint density at radius 1 is 1.38 bits per heavy atom. The van der Waals surface area contributed by atoms with E-state index in [1.165, 1.54) is 6.92 Å². The maximum absolute atomic E-state index is 10.4. The van der Waals surface area contributed by atoms with Gasteiger partial charge in [0.25, 0.3) is 0 Å². The maximum atomic E-state index is 10.4. The zero-order valence-electron chi connectivity index (χ0n) is 7.25. The zero-order valence-corrected chi connectivity index (χ0v) is 7.25. The van der Waals surface area contributed by atoms with E-state index in [1.54, 1.807) is 30.3 Å². The van der Waals surface area contributed by atoms with Crippen molar-refractivity contribution in [3.8, 4) is 0 Å². The monoisotopic (exact) mass is 181 g/mol. The van der Waals surface area contributed by atoms with Crippen LogP contribution in [0, 0.1) is 10.1 Å². The van der Waals surface area contributed by atoms with Crippen molar-refractivity contribution in [1.29, 1.82) is 0 Å². The van der Waals surface area contributed by atoms with Crippen molar-refractivity contribution in [1.82, 2.24) is 0 Å². The van der Waals surface area contributed by atoms with Crippen LogP contribution in [0.4, 0.5) is 0 Å². The second-order valence-electron chi connectivity index (χ2n) is 2.88. The molecule has 0 saturated carbocycles.